The van der Waals surface area contributed by atoms with E-state index >= 15 is 0 Å². The third-order valence-corrected chi connectivity index (χ3v) is 3.84. The monoisotopic (exact) mass is 262 g/mol. The lowest BCUT2D eigenvalue weighted by Crippen LogP contribution is -2.44. The topological polar surface area (TPSA) is 24.5 Å². The Bertz CT molecular complexity index is 375. The first-order valence-corrected chi connectivity index (χ1v) is 7.31. The van der Waals surface area contributed by atoms with Crippen LogP contribution < -0.4 is 5.32 Å². The van der Waals surface area contributed by atoms with E-state index in [0.29, 0.717) is 6.10 Å². The molecule has 0 aliphatic carbocycles. The number of piperazine rings is 1. The van der Waals surface area contributed by atoms with Crippen molar-refractivity contribution < 1.29 is 4.74 Å². The molecule has 0 amide bonds. The van der Waals surface area contributed by atoms with E-state index in [1.165, 1.54) is 30.8 Å². The van der Waals surface area contributed by atoms with Crippen LogP contribution in [0.15, 0.2) is 24.3 Å². The van der Waals surface area contributed by atoms with Crippen LogP contribution in [0, 0.1) is 0 Å². The molecule has 1 aromatic carbocycles. The fourth-order valence-electron chi connectivity index (χ4n) is 2.55. The summed E-state index contributed by atoms with van der Waals surface area (Å²) in [7, 11) is 1.78. The number of nitrogens with one attached hydrogen (secondary N) is 1. The SMILES string of the molecule is COC(C)Cc1cccc(CCN2CCNCC2)c1. The van der Waals surface area contributed by atoms with Gasteiger partial charge in [-0.15, -0.1) is 0 Å². The number of hydrogen-bond donors (Lipinski definition) is 1. The molecule has 1 unspecified atom stereocenters. The summed E-state index contributed by atoms with van der Waals surface area (Å²) in [4.78, 5) is 2.54. The smallest absolute Gasteiger partial charge is 0.0583 e. The number of benzene rings is 1. The summed E-state index contributed by atoms with van der Waals surface area (Å²) in [6.45, 7) is 7.91. The lowest BCUT2D eigenvalue weighted by Gasteiger charge is -2.27. The molecule has 3 heteroatoms. The zero-order valence-electron chi connectivity index (χ0n) is 12.2. The third-order valence-electron chi connectivity index (χ3n) is 3.84. The Morgan fingerprint density at radius 3 is 2.74 bits per heavy atom. The molecule has 1 aliphatic rings. The number of methoxy groups -OCH3 is 1. The second kappa shape index (κ2) is 7.63. The van der Waals surface area contributed by atoms with E-state index in [4.69, 9.17) is 4.74 Å². The van der Waals surface area contributed by atoms with E-state index < -0.39 is 0 Å². The van der Waals surface area contributed by atoms with Gasteiger partial charge in [-0.25, -0.2) is 0 Å². The van der Waals surface area contributed by atoms with E-state index in [-0.39, 0.29) is 0 Å². The number of ether oxygens (including phenoxy) is 1. The molecule has 2 rings (SSSR count). The minimum absolute atomic E-state index is 0.295. The highest BCUT2D eigenvalue weighted by Gasteiger charge is 2.09. The lowest BCUT2D eigenvalue weighted by molar-refractivity contribution is 0.119. The zero-order valence-corrected chi connectivity index (χ0v) is 12.2. The van der Waals surface area contributed by atoms with Gasteiger partial charge in [-0.05, 0) is 30.9 Å². The molecule has 19 heavy (non-hydrogen) atoms. The van der Waals surface area contributed by atoms with Crippen LogP contribution in [0.4, 0.5) is 0 Å². The van der Waals surface area contributed by atoms with Crippen LogP contribution >= 0.6 is 0 Å². The van der Waals surface area contributed by atoms with E-state index in [1.807, 2.05) is 0 Å². The maximum atomic E-state index is 5.33. The molecule has 3 nitrogen and oxygen atoms in total. The number of nitrogens with zero attached hydrogens (tertiary/aromatic N) is 1. The van der Waals surface area contributed by atoms with Crippen molar-refractivity contribution in [3.63, 3.8) is 0 Å². The molecule has 0 bridgehead atoms. The van der Waals surface area contributed by atoms with Crippen LogP contribution in [-0.2, 0) is 17.6 Å². The molecule has 1 aromatic rings. The summed E-state index contributed by atoms with van der Waals surface area (Å²) in [5.74, 6) is 0. The molecule has 1 fully saturated rings. The minimum Gasteiger partial charge on any atom is -0.381 e. The van der Waals surface area contributed by atoms with Crippen molar-refractivity contribution in [1.29, 1.82) is 0 Å². The van der Waals surface area contributed by atoms with Crippen molar-refractivity contribution >= 4 is 0 Å². The largest absolute Gasteiger partial charge is 0.381 e. The summed E-state index contributed by atoms with van der Waals surface area (Å²) in [5.41, 5.74) is 2.83. The van der Waals surface area contributed by atoms with Gasteiger partial charge in [-0.2, -0.15) is 0 Å². The van der Waals surface area contributed by atoms with E-state index in [2.05, 4.69) is 41.4 Å². The summed E-state index contributed by atoms with van der Waals surface area (Å²) in [6.07, 6.45) is 2.44. The van der Waals surface area contributed by atoms with E-state index in [1.54, 1.807) is 7.11 Å². The van der Waals surface area contributed by atoms with Crippen molar-refractivity contribution in [2.45, 2.75) is 25.9 Å². The maximum absolute atomic E-state index is 5.33. The van der Waals surface area contributed by atoms with Crippen LogP contribution in [0.5, 0.6) is 0 Å². The quantitative estimate of drug-likeness (QED) is 0.845. The standard InChI is InChI=1S/C16H26N2O/c1-14(19-2)12-16-5-3-4-15(13-16)6-9-18-10-7-17-8-11-18/h3-5,13-14,17H,6-12H2,1-2H3. The minimum atomic E-state index is 0.295. The molecule has 1 saturated heterocycles. The van der Waals surface area contributed by atoms with Gasteiger partial charge in [-0.1, -0.05) is 24.3 Å². The van der Waals surface area contributed by atoms with Crippen molar-refractivity contribution in [3.8, 4) is 0 Å². The molecule has 1 aliphatic heterocycles. The van der Waals surface area contributed by atoms with Gasteiger partial charge in [0.05, 0.1) is 6.10 Å². The van der Waals surface area contributed by atoms with Gasteiger partial charge in [0.15, 0.2) is 0 Å². The van der Waals surface area contributed by atoms with Crippen LogP contribution in [0.1, 0.15) is 18.1 Å². The average molecular weight is 262 g/mol. The van der Waals surface area contributed by atoms with Gasteiger partial charge in [0, 0.05) is 39.8 Å². The summed E-state index contributed by atoms with van der Waals surface area (Å²) >= 11 is 0. The molecule has 1 heterocycles. The van der Waals surface area contributed by atoms with E-state index in [9.17, 15) is 0 Å². The fourth-order valence-corrected chi connectivity index (χ4v) is 2.55. The molecule has 1 N–H and O–H groups in total. The summed E-state index contributed by atoms with van der Waals surface area (Å²) in [6, 6.07) is 8.94. The normalized spacial score (nSPS) is 18.4. The first kappa shape index (κ1) is 14.5. The molecular formula is C16H26N2O. The molecule has 0 saturated carbocycles. The maximum Gasteiger partial charge on any atom is 0.0583 e. The Morgan fingerprint density at radius 1 is 1.26 bits per heavy atom. The highest BCUT2D eigenvalue weighted by Crippen LogP contribution is 2.10. The second-order valence-corrected chi connectivity index (χ2v) is 5.41. The van der Waals surface area contributed by atoms with Gasteiger partial charge < -0.3 is 15.0 Å². The average Bonchev–Trinajstić information content (AvgIpc) is 2.46. The Balaban J connectivity index is 1.84. The summed E-state index contributed by atoms with van der Waals surface area (Å²) < 4.78 is 5.33. The van der Waals surface area contributed by atoms with Gasteiger partial charge in [0.1, 0.15) is 0 Å². The van der Waals surface area contributed by atoms with Gasteiger partial charge >= 0.3 is 0 Å². The van der Waals surface area contributed by atoms with Crippen LogP contribution in [-0.4, -0.2) is 50.8 Å². The predicted octanol–water partition coefficient (Wildman–Crippen LogP) is 1.71. The van der Waals surface area contributed by atoms with Gasteiger partial charge in [0.25, 0.3) is 0 Å². The predicted molar refractivity (Wildman–Crippen MR) is 79.6 cm³/mol. The van der Waals surface area contributed by atoms with Crippen molar-refractivity contribution in [2.24, 2.45) is 0 Å². The Hall–Kier alpha value is -0.900. The first-order chi connectivity index (χ1) is 9.28. The number of rotatable bonds is 6. The van der Waals surface area contributed by atoms with Crippen LogP contribution in [0.3, 0.4) is 0 Å². The van der Waals surface area contributed by atoms with Crippen molar-refractivity contribution in [1.82, 2.24) is 10.2 Å². The number of hydrogen-bond acceptors (Lipinski definition) is 3. The van der Waals surface area contributed by atoms with Crippen molar-refractivity contribution in [3.05, 3.63) is 35.4 Å². The van der Waals surface area contributed by atoms with Gasteiger partial charge in [-0.3, -0.25) is 0 Å². The van der Waals surface area contributed by atoms with Gasteiger partial charge in [0.2, 0.25) is 0 Å². The second-order valence-electron chi connectivity index (χ2n) is 5.41. The van der Waals surface area contributed by atoms with Crippen LogP contribution in [0.2, 0.25) is 0 Å². The molecule has 1 atom stereocenters. The third kappa shape index (κ3) is 4.94. The first-order valence-electron chi connectivity index (χ1n) is 7.31. The Morgan fingerprint density at radius 2 is 2.00 bits per heavy atom. The zero-order chi connectivity index (χ0) is 13.5. The molecule has 106 valence electrons. The Kier molecular flexibility index (Phi) is 5.83. The highest BCUT2D eigenvalue weighted by molar-refractivity contribution is 5.24. The molecular weight excluding hydrogens is 236 g/mol. The Labute approximate surface area is 116 Å². The lowest BCUT2D eigenvalue weighted by atomic mass is 10.0. The molecule has 0 spiro atoms. The molecule has 0 radical (unpaired) electrons. The fraction of sp³-hybridized carbons (Fsp3) is 0.625. The highest BCUT2D eigenvalue weighted by atomic mass is 16.5. The van der Waals surface area contributed by atoms with Crippen molar-refractivity contribution in [2.75, 3.05) is 39.8 Å². The van der Waals surface area contributed by atoms with Crippen LogP contribution in [0.25, 0.3) is 0 Å². The molecule has 0 aromatic heterocycles. The summed E-state index contributed by atoms with van der Waals surface area (Å²) in [5, 5.41) is 3.39. The van der Waals surface area contributed by atoms with E-state index in [0.717, 1.165) is 25.9 Å².